The van der Waals surface area contributed by atoms with E-state index in [4.69, 9.17) is 27.7 Å². The third kappa shape index (κ3) is 5.80. The number of benzene rings is 2. The van der Waals surface area contributed by atoms with E-state index >= 15 is 0 Å². The van der Waals surface area contributed by atoms with Gasteiger partial charge in [-0.25, -0.2) is 0 Å². The molecule has 3 aromatic rings. The number of hydrogen-bond donors (Lipinski definition) is 1. The maximum atomic E-state index is 13.2. The fourth-order valence-electron chi connectivity index (χ4n) is 4.51. The van der Waals surface area contributed by atoms with Crippen LogP contribution in [-0.4, -0.2) is 34.0 Å². The van der Waals surface area contributed by atoms with Crippen LogP contribution in [0, 0.1) is 18.8 Å². The van der Waals surface area contributed by atoms with Crippen LogP contribution in [0.25, 0.3) is 11.4 Å². The van der Waals surface area contributed by atoms with Gasteiger partial charge in [-0.1, -0.05) is 66.5 Å². The summed E-state index contributed by atoms with van der Waals surface area (Å²) < 4.78 is 5.47. The molecule has 1 aliphatic rings. The largest absolute Gasteiger partial charge is 0.349 e. The molecule has 0 radical (unpaired) electrons. The molecule has 2 unspecified atom stereocenters. The van der Waals surface area contributed by atoms with Crippen molar-refractivity contribution >= 4 is 29.1 Å². The Labute approximate surface area is 210 Å². The first-order chi connectivity index (χ1) is 16.3. The monoisotopic (exact) mass is 500 g/mol. The molecular formula is C26H30Cl2N4O2. The standard InChI is InChI=1S/C26H30Cl2N4O2/c1-16(2)24(20-9-5-4-7-17(20)3)30-26(33)18-8-6-12-32(14-18)15-23-29-25(31-34-23)21-11-10-19(27)13-22(21)28/h4-5,7,9-11,13,16,18,24H,6,8,12,14-15H2,1-3H3,(H,30,33). The Hall–Kier alpha value is -2.41. The summed E-state index contributed by atoms with van der Waals surface area (Å²) in [5, 5.41) is 8.43. The zero-order valence-corrected chi connectivity index (χ0v) is 21.2. The van der Waals surface area contributed by atoms with Gasteiger partial charge in [-0.3, -0.25) is 9.69 Å². The second-order valence-corrected chi connectivity index (χ2v) is 10.1. The van der Waals surface area contributed by atoms with Crippen LogP contribution in [-0.2, 0) is 11.3 Å². The van der Waals surface area contributed by atoms with Crippen LogP contribution >= 0.6 is 23.2 Å². The summed E-state index contributed by atoms with van der Waals surface area (Å²) in [5.74, 6) is 1.25. The van der Waals surface area contributed by atoms with E-state index in [0.29, 0.717) is 46.3 Å². The number of carbonyl (C=O) groups is 1. The van der Waals surface area contributed by atoms with Gasteiger partial charge in [0.15, 0.2) is 0 Å². The van der Waals surface area contributed by atoms with Crippen LogP contribution < -0.4 is 5.32 Å². The smallest absolute Gasteiger partial charge is 0.241 e. The van der Waals surface area contributed by atoms with Gasteiger partial charge < -0.3 is 9.84 Å². The quantitative estimate of drug-likeness (QED) is 0.425. The number of piperidine rings is 1. The molecule has 1 aromatic heterocycles. The van der Waals surface area contributed by atoms with E-state index in [1.807, 2.05) is 12.1 Å². The molecule has 180 valence electrons. The van der Waals surface area contributed by atoms with E-state index in [9.17, 15) is 4.79 Å². The maximum Gasteiger partial charge on any atom is 0.241 e. The molecule has 1 fully saturated rings. The molecular weight excluding hydrogens is 471 g/mol. The molecule has 0 bridgehead atoms. The predicted octanol–water partition coefficient (Wildman–Crippen LogP) is 6.08. The van der Waals surface area contributed by atoms with Gasteiger partial charge >= 0.3 is 0 Å². The van der Waals surface area contributed by atoms with Crippen LogP contribution in [0.3, 0.4) is 0 Å². The second kappa shape index (κ2) is 10.9. The third-order valence-corrected chi connectivity index (χ3v) is 6.91. The number of carbonyl (C=O) groups excluding carboxylic acids is 1. The van der Waals surface area contributed by atoms with Crippen LogP contribution in [0.1, 0.15) is 49.7 Å². The molecule has 2 atom stereocenters. The molecule has 0 spiro atoms. The van der Waals surface area contributed by atoms with Gasteiger partial charge in [0.05, 0.1) is 23.5 Å². The average molecular weight is 501 g/mol. The van der Waals surface area contributed by atoms with Crippen molar-refractivity contribution in [2.45, 2.75) is 46.2 Å². The number of amides is 1. The molecule has 2 aromatic carbocycles. The first-order valence-corrected chi connectivity index (χ1v) is 12.4. The first kappa shape index (κ1) is 24.7. The van der Waals surface area contributed by atoms with E-state index in [2.05, 4.69) is 53.3 Å². The topological polar surface area (TPSA) is 71.3 Å². The van der Waals surface area contributed by atoms with Crippen molar-refractivity contribution in [2.24, 2.45) is 11.8 Å². The van der Waals surface area contributed by atoms with Gasteiger partial charge in [0.25, 0.3) is 0 Å². The number of nitrogens with zero attached hydrogens (tertiary/aromatic N) is 3. The lowest BCUT2D eigenvalue weighted by Gasteiger charge is -2.33. The Kier molecular flexibility index (Phi) is 7.91. The Morgan fingerprint density at radius 3 is 2.76 bits per heavy atom. The van der Waals surface area contributed by atoms with E-state index in [-0.39, 0.29) is 17.9 Å². The Morgan fingerprint density at radius 1 is 1.24 bits per heavy atom. The minimum absolute atomic E-state index is 0.00769. The Balaban J connectivity index is 1.40. The number of hydrogen-bond acceptors (Lipinski definition) is 5. The fourth-order valence-corrected chi connectivity index (χ4v) is 5.01. The van der Waals surface area contributed by atoms with Gasteiger partial charge in [0, 0.05) is 17.1 Å². The molecule has 1 N–H and O–H groups in total. The highest BCUT2D eigenvalue weighted by Crippen LogP contribution is 2.29. The molecule has 4 rings (SSSR count). The van der Waals surface area contributed by atoms with Crippen LogP contribution in [0.5, 0.6) is 0 Å². The molecule has 1 saturated heterocycles. The number of halogens is 2. The van der Waals surface area contributed by atoms with Crippen molar-refractivity contribution in [3.63, 3.8) is 0 Å². The summed E-state index contributed by atoms with van der Waals surface area (Å²) in [7, 11) is 0. The minimum Gasteiger partial charge on any atom is -0.349 e. The van der Waals surface area contributed by atoms with E-state index in [1.54, 1.807) is 18.2 Å². The molecule has 34 heavy (non-hydrogen) atoms. The highest BCUT2D eigenvalue weighted by molar-refractivity contribution is 6.36. The predicted molar refractivity (Wildman–Crippen MR) is 135 cm³/mol. The normalized spacial score (nSPS) is 17.6. The zero-order chi connectivity index (χ0) is 24.2. The minimum atomic E-state index is -0.0767. The van der Waals surface area contributed by atoms with Crippen molar-refractivity contribution in [3.05, 3.63) is 69.5 Å². The van der Waals surface area contributed by atoms with Crippen molar-refractivity contribution < 1.29 is 9.32 Å². The van der Waals surface area contributed by atoms with Crippen LogP contribution in [0.4, 0.5) is 0 Å². The average Bonchev–Trinajstić information content (AvgIpc) is 3.26. The van der Waals surface area contributed by atoms with Crippen LogP contribution in [0.2, 0.25) is 10.0 Å². The van der Waals surface area contributed by atoms with Crippen molar-refractivity contribution in [1.29, 1.82) is 0 Å². The highest BCUT2D eigenvalue weighted by atomic mass is 35.5. The van der Waals surface area contributed by atoms with Crippen LogP contribution in [0.15, 0.2) is 47.0 Å². The summed E-state index contributed by atoms with van der Waals surface area (Å²) in [5.41, 5.74) is 3.05. The molecule has 0 saturated carbocycles. The van der Waals surface area contributed by atoms with Gasteiger partial charge in [0.2, 0.25) is 17.6 Å². The fraction of sp³-hybridized carbons (Fsp3) is 0.423. The number of likely N-dealkylation sites (tertiary alicyclic amines) is 1. The van der Waals surface area contributed by atoms with E-state index in [0.717, 1.165) is 19.4 Å². The lowest BCUT2D eigenvalue weighted by Crippen LogP contribution is -2.44. The SMILES string of the molecule is Cc1ccccc1C(NC(=O)C1CCCN(Cc2nc(-c3ccc(Cl)cc3Cl)no2)C1)C(C)C. The lowest BCUT2D eigenvalue weighted by molar-refractivity contribution is -0.128. The van der Waals surface area contributed by atoms with Gasteiger partial charge in [-0.05, 0) is 61.6 Å². The maximum absolute atomic E-state index is 13.2. The van der Waals surface area contributed by atoms with E-state index in [1.165, 1.54) is 11.1 Å². The summed E-state index contributed by atoms with van der Waals surface area (Å²) in [6.45, 7) is 8.41. The first-order valence-electron chi connectivity index (χ1n) is 11.7. The van der Waals surface area contributed by atoms with Gasteiger partial charge in [-0.2, -0.15) is 4.98 Å². The van der Waals surface area contributed by atoms with Crippen molar-refractivity contribution in [3.8, 4) is 11.4 Å². The lowest BCUT2D eigenvalue weighted by atomic mass is 9.91. The van der Waals surface area contributed by atoms with Gasteiger partial charge in [0.1, 0.15) is 0 Å². The number of nitrogens with one attached hydrogen (secondary N) is 1. The third-order valence-electron chi connectivity index (χ3n) is 6.36. The van der Waals surface area contributed by atoms with E-state index < -0.39 is 0 Å². The summed E-state index contributed by atoms with van der Waals surface area (Å²) in [6.07, 6.45) is 1.81. The molecule has 0 aliphatic carbocycles. The van der Waals surface area contributed by atoms with Crippen molar-refractivity contribution in [2.75, 3.05) is 13.1 Å². The number of aromatic nitrogens is 2. The number of rotatable bonds is 7. The second-order valence-electron chi connectivity index (χ2n) is 9.30. The molecule has 1 aliphatic heterocycles. The van der Waals surface area contributed by atoms with Gasteiger partial charge in [-0.15, -0.1) is 0 Å². The summed E-state index contributed by atoms with van der Waals surface area (Å²) in [4.78, 5) is 19.9. The Morgan fingerprint density at radius 2 is 2.03 bits per heavy atom. The van der Waals surface area contributed by atoms with Crippen molar-refractivity contribution in [1.82, 2.24) is 20.4 Å². The number of aryl methyl sites for hydroxylation is 1. The summed E-state index contributed by atoms with van der Waals surface area (Å²) in [6, 6.07) is 13.4. The summed E-state index contributed by atoms with van der Waals surface area (Å²) >= 11 is 12.3. The molecule has 8 heteroatoms. The highest BCUT2D eigenvalue weighted by Gasteiger charge is 2.29. The molecule has 2 heterocycles. The zero-order valence-electron chi connectivity index (χ0n) is 19.7. The molecule has 6 nitrogen and oxygen atoms in total. The Bertz CT molecular complexity index is 1150. The molecule has 1 amide bonds.